The summed E-state index contributed by atoms with van der Waals surface area (Å²) in [5, 5.41) is 12.4. The Hall–Kier alpha value is -2.04. The Morgan fingerprint density at radius 1 is 1.27 bits per heavy atom. The minimum absolute atomic E-state index is 0.153. The zero-order valence-corrected chi connectivity index (χ0v) is 13.5. The number of nitrogens with one attached hydrogen (secondary N) is 1. The number of hydrogen-bond acceptors (Lipinski definition) is 3. The third kappa shape index (κ3) is 2.45. The van der Waals surface area contributed by atoms with Gasteiger partial charge in [-0.05, 0) is 37.3 Å². The van der Waals surface area contributed by atoms with E-state index in [-0.39, 0.29) is 11.8 Å². The van der Waals surface area contributed by atoms with Crippen LogP contribution in [0.15, 0.2) is 24.3 Å². The molecule has 5 nitrogen and oxygen atoms in total. The van der Waals surface area contributed by atoms with Gasteiger partial charge in [-0.2, -0.15) is 0 Å². The Bertz CT molecular complexity index is 596. The molecule has 0 bridgehead atoms. The zero-order valence-electron chi connectivity index (χ0n) is 13.5. The van der Waals surface area contributed by atoms with E-state index in [4.69, 9.17) is 4.74 Å². The lowest BCUT2D eigenvalue weighted by molar-refractivity contribution is -0.154. The maximum atomic E-state index is 12.6. The number of benzene rings is 1. The van der Waals surface area contributed by atoms with Crippen LogP contribution in [0.3, 0.4) is 0 Å². The quantitative estimate of drug-likeness (QED) is 0.896. The number of aliphatic carboxylic acids is 1. The number of carboxylic acids is 1. The maximum absolute atomic E-state index is 12.6. The van der Waals surface area contributed by atoms with Crippen LogP contribution in [-0.2, 0) is 9.59 Å². The number of hydrogen-bond donors (Lipinski definition) is 2. The van der Waals surface area contributed by atoms with E-state index in [0.717, 1.165) is 0 Å². The van der Waals surface area contributed by atoms with E-state index in [1.807, 2.05) is 26.0 Å². The SMILES string of the molecule is COc1ccccc1NC(=O)[C@@H]1CC[C@@](C)(C(=O)O)C1(C)C. The summed E-state index contributed by atoms with van der Waals surface area (Å²) in [4.78, 5) is 24.3. The molecule has 1 fully saturated rings. The fourth-order valence-corrected chi connectivity index (χ4v) is 3.31. The van der Waals surface area contributed by atoms with Gasteiger partial charge in [0, 0.05) is 5.92 Å². The molecular weight excluding hydrogens is 282 g/mol. The molecule has 0 spiro atoms. The molecule has 120 valence electrons. The Morgan fingerprint density at radius 2 is 1.91 bits per heavy atom. The number of anilines is 1. The molecular formula is C17H23NO4. The number of methoxy groups -OCH3 is 1. The summed E-state index contributed by atoms with van der Waals surface area (Å²) in [6.07, 6.45) is 1.07. The maximum Gasteiger partial charge on any atom is 0.309 e. The summed E-state index contributed by atoms with van der Waals surface area (Å²) in [6, 6.07) is 7.20. The highest BCUT2D eigenvalue weighted by Gasteiger charge is 2.58. The van der Waals surface area contributed by atoms with Crippen molar-refractivity contribution in [1.29, 1.82) is 0 Å². The summed E-state index contributed by atoms with van der Waals surface area (Å²) >= 11 is 0. The van der Waals surface area contributed by atoms with E-state index in [0.29, 0.717) is 24.3 Å². The Balaban J connectivity index is 2.22. The van der Waals surface area contributed by atoms with Crippen molar-refractivity contribution in [3.8, 4) is 5.75 Å². The van der Waals surface area contributed by atoms with Crippen molar-refractivity contribution in [1.82, 2.24) is 0 Å². The van der Waals surface area contributed by atoms with Crippen LogP contribution < -0.4 is 10.1 Å². The van der Waals surface area contributed by atoms with Crippen LogP contribution in [0.2, 0.25) is 0 Å². The first kappa shape index (κ1) is 16.3. The van der Waals surface area contributed by atoms with E-state index >= 15 is 0 Å². The van der Waals surface area contributed by atoms with E-state index < -0.39 is 16.8 Å². The van der Waals surface area contributed by atoms with E-state index in [9.17, 15) is 14.7 Å². The second-order valence-electron chi connectivity index (χ2n) is 6.64. The van der Waals surface area contributed by atoms with E-state index in [1.165, 1.54) is 0 Å². The van der Waals surface area contributed by atoms with Gasteiger partial charge in [0.05, 0.1) is 18.2 Å². The number of amides is 1. The minimum atomic E-state index is -0.893. The first-order valence-electron chi connectivity index (χ1n) is 7.41. The summed E-state index contributed by atoms with van der Waals surface area (Å²) in [7, 11) is 1.55. The number of carboxylic acid groups (broad SMARTS) is 1. The second-order valence-corrected chi connectivity index (χ2v) is 6.64. The molecule has 1 amide bonds. The molecule has 0 radical (unpaired) electrons. The van der Waals surface area contributed by atoms with Gasteiger partial charge >= 0.3 is 5.97 Å². The van der Waals surface area contributed by atoms with Crippen molar-refractivity contribution in [3.05, 3.63) is 24.3 Å². The molecule has 0 aliphatic heterocycles. The average Bonchev–Trinajstić information content (AvgIpc) is 2.71. The fraction of sp³-hybridized carbons (Fsp3) is 0.529. The lowest BCUT2D eigenvalue weighted by Crippen LogP contribution is -2.43. The molecule has 2 rings (SSSR count). The molecule has 0 unspecified atom stereocenters. The smallest absolute Gasteiger partial charge is 0.309 e. The second kappa shape index (κ2) is 5.63. The molecule has 1 aliphatic rings. The van der Waals surface area contributed by atoms with Crippen LogP contribution >= 0.6 is 0 Å². The molecule has 5 heteroatoms. The van der Waals surface area contributed by atoms with Gasteiger partial charge in [0.25, 0.3) is 0 Å². The van der Waals surface area contributed by atoms with Crippen LogP contribution in [0.5, 0.6) is 5.75 Å². The average molecular weight is 305 g/mol. The van der Waals surface area contributed by atoms with Gasteiger partial charge < -0.3 is 15.2 Å². The van der Waals surface area contributed by atoms with E-state index in [1.54, 1.807) is 26.2 Å². The summed E-state index contributed by atoms with van der Waals surface area (Å²) in [5.41, 5.74) is -0.907. The van der Waals surface area contributed by atoms with Crippen molar-refractivity contribution in [2.24, 2.45) is 16.7 Å². The number of carbonyl (C=O) groups is 2. The molecule has 22 heavy (non-hydrogen) atoms. The van der Waals surface area contributed by atoms with Crippen molar-refractivity contribution in [2.75, 3.05) is 12.4 Å². The lowest BCUT2D eigenvalue weighted by atomic mass is 9.65. The van der Waals surface area contributed by atoms with Crippen molar-refractivity contribution in [2.45, 2.75) is 33.6 Å². The van der Waals surface area contributed by atoms with Crippen LogP contribution in [0.25, 0.3) is 0 Å². The molecule has 0 heterocycles. The molecule has 0 saturated heterocycles. The van der Waals surface area contributed by atoms with Crippen LogP contribution in [0.4, 0.5) is 5.69 Å². The zero-order chi connectivity index (χ0) is 16.5. The van der Waals surface area contributed by atoms with Crippen molar-refractivity contribution < 1.29 is 19.4 Å². The molecule has 2 atom stereocenters. The molecule has 1 aliphatic carbocycles. The third-order valence-electron chi connectivity index (χ3n) is 5.38. The normalized spacial score (nSPS) is 26.5. The monoisotopic (exact) mass is 305 g/mol. The van der Waals surface area contributed by atoms with Gasteiger partial charge in [-0.25, -0.2) is 0 Å². The van der Waals surface area contributed by atoms with Gasteiger partial charge in [-0.1, -0.05) is 26.0 Å². The number of para-hydroxylation sites is 2. The highest BCUT2D eigenvalue weighted by Crippen LogP contribution is 2.56. The van der Waals surface area contributed by atoms with Crippen molar-refractivity contribution in [3.63, 3.8) is 0 Å². The first-order chi connectivity index (χ1) is 10.2. The number of carbonyl (C=O) groups excluding carboxylic acids is 1. The first-order valence-corrected chi connectivity index (χ1v) is 7.41. The number of ether oxygens (including phenoxy) is 1. The molecule has 1 aromatic carbocycles. The molecule has 1 aromatic rings. The summed E-state index contributed by atoms with van der Waals surface area (Å²) in [6.45, 7) is 5.45. The standard InChI is InChI=1S/C17H23NO4/c1-16(2)11(9-10-17(16,3)15(20)21)14(19)18-12-7-5-6-8-13(12)22-4/h5-8,11H,9-10H2,1-4H3,(H,18,19)(H,20,21)/t11-,17-/m0/s1. The highest BCUT2D eigenvalue weighted by molar-refractivity contribution is 5.95. The topological polar surface area (TPSA) is 75.6 Å². The highest BCUT2D eigenvalue weighted by atomic mass is 16.5. The Labute approximate surface area is 130 Å². The predicted octanol–water partition coefficient (Wildman–Crippen LogP) is 3.16. The molecule has 2 N–H and O–H groups in total. The van der Waals surface area contributed by atoms with Gasteiger partial charge in [0.2, 0.25) is 5.91 Å². The Morgan fingerprint density at radius 3 is 2.45 bits per heavy atom. The predicted molar refractivity (Wildman–Crippen MR) is 83.9 cm³/mol. The van der Waals surface area contributed by atoms with Crippen molar-refractivity contribution >= 4 is 17.6 Å². The molecule has 1 saturated carbocycles. The van der Waals surface area contributed by atoms with Gasteiger partial charge in [-0.15, -0.1) is 0 Å². The summed E-state index contributed by atoms with van der Waals surface area (Å²) in [5.74, 6) is -0.754. The van der Waals surface area contributed by atoms with Gasteiger partial charge in [-0.3, -0.25) is 9.59 Å². The van der Waals surface area contributed by atoms with Gasteiger partial charge in [0.1, 0.15) is 5.75 Å². The van der Waals surface area contributed by atoms with Crippen LogP contribution in [-0.4, -0.2) is 24.1 Å². The molecule has 0 aromatic heterocycles. The van der Waals surface area contributed by atoms with Crippen LogP contribution in [0.1, 0.15) is 33.6 Å². The number of rotatable bonds is 4. The van der Waals surface area contributed by atoms with E-state index in [2.05, 4.69) is 5.32 Å². The third-order valence-corrected chi connectivity index (χ3v) is 5.38. The van der Waals surface area contributed by atoms with Gasteiger partial charge in [0.15, 0.2) is 0 Å². The summed E-state index contributed by atoms with van der Waals surface area (Å²) < 4.78 is 5.23. The van der Waals surface area contributed by atoms with Crippen LogP contribution in [0, 0.1) is 16.7 Å². The lowest BCUT2D eigenvalue weighted by Gasteiger charge is -2.37. The minimum Gasteiger partial charge on any atom is -0.495 e. The fourth-order valence-electron chi connectivity index (χ4n) is 3.31. The largest absolute Gasteiger partial charge is 0.495 e. The Kier molecular flexibility index (Phi) is 4.18.